The molecule has 1 heterocycles. The maximum atomic E-state index is 10.4. The average Bonchev–Trinajstić information content (AvgIpc) is 2.33. The number of nitrogens with zero attached hydrogens (tertiary/aromatic N) is 1. The third-order valence-corrected chi connectivity index (χ3v) is 2.51. The highest BCUT2D eigenvalue weighted by molar-refractivity contribution is 7.99. The second-order valence-electron chi connectivity index (χ2n) is 2.08. The van der Waals surface area contributed by atoms with Crippen LogP contribution in [0.3, 0.4) is 0 Å². The van der Waals surface area contributed by atoms with Gasteiger partial charge in [-0.25, -0.2) is 0 Å². The standard InChI is InChI=1S/C5H9NO3S/c7-2-6-3-10-1-4(6)5(8)9/h4,7H,1-3H2,(H,8,9)/t4-/m0/s1. The smallest absolute Gasteiger partial charge is 0.321 e. The molecule has 1 fully saturated rings. The molecule has 0 aromatic heterocycles. The summed E-state index contributed by atoms with van der Waals surface area (Å²) in [4.78, 5) is 11.9. The largest absolute Gasteiger partial charge is 0.480 e. The highest BCUT2D eigenvalue weighted by Crippen LogP contribution is 2.19. The van der Waals surface area contributed by atoms with Crippen LogP contribution in [0.1, 0.15) is 0 Å². The molecular formula is C5H9NO3S. The predicted octanol–water partition coefficient (Wildman–Crippen LogP) is -0.604. The number of aliphatic carboxylic acids is 1. The van der Waals surface area contributed by atoms with Crippen LogP contribution in [0.25, 0.3) is 0 Å². The molecule has 1 aliphatic rings. The normalized spacial score (nSPS) is 27.1. The lowest BCUT2D eigenvalue weighted by Gasteiger charge is -2.15. The van der Waals surface area contributed by atoms with Crippen LogP contribution in [0.15, 0.2) is 0 Å². The van der Waals surface area contributed by atoms with Gasteiger partial charge in [0.25, 0.3) is 0 Å². The van der Waals surface area contributed by atoms with Gasteiger partial charge in [-0.3, -0.25) is 9.69 Å². The maximum absolute atomic E-state index is 10.4. The number of carboxylic acid groups (broad SMARTS) is 1. The summed E-state index contributed by atoms with van der Waals surface area (Å²) in [5.74, 6) is 0.350. The minimum Gasteiger partial charge on any atom is -0.480 e. The van der Waals surface area contributed by atoms with Gasteiger partial charge in [-0.15, -0.1) is 11.8 Å². The molecule has 0 unspecified atom stereocenters. The first-order chi connectivity index (χ1) is 4.75. The van der Waals surface area contributed by atoms with Crippen LogP contribution in [0.4, 0.5) is 0 Å². The summed E-state index contributed by atoms with van der Waals surface area (Å²) in [6.07, 6.45) is 0. The molecule has 1 rings (SSSR count). The second-order valence-corrected chi connectivity index (χ2v) is 3.08. The Hall–Kier alpha value is -0.260. The summed E-state index contributed by atoms with van der Waals surface area (Å²) in [6.45, 7) is -0.163. The molecule has 58 valence electrons. The third-order valence-electron chi connectivity index (χ3n) is 1.44. The maximum Gasteiger partial charge on any atom is 0.321 e. The van der Waals surface area contributed by atoms with Gasteiger partial charge in [0.05, 0.1) is 6.73 Å². The third kappa shape index (κ3) is 1.42. The van der Waals surface area contributed by atoms with E-state index in [1.807, 2.05) is 0 Å². The second kappa shape index (κ2) is 3.23. The molecule has 0 spiro atoms. The molecular weight excluding hydrogens is 154 g/mol. The molecule has 5 heteroatoms. The van der Waals surface area contributed by atoms with Crippen LogP contribution in [0.5, 0.6) is 0 Å². The summed E-state index contributed by atoms with van der Waals surface area (Å²) in [7, 11) is 0. The quantitative estimate of drug-likeness (QED) is 0.569. The molecule has 0 aromatic rings. The van der Waals surface area contributed by atoms with Crippen LogP contribution in [0, 0.1) is 0 Å². The van der Waals surface area contributed by atoms with Crippen molar-refractivity contribution >= 4 is 17.7 Å². The van der Waals surface area contributed by atoms with Crippen LogP contribution in [-0.4, -0.2) is 45.5 Å². The van der Waals surface area contributed by atoms with Crippen molar-refractivity contribution in [2.45, 2.75) is 6.04 Å². The Bertz CT molecular complexity index is 141. The summed E-state index contributed by atoms with van der Waals surface area (Å²) in [5.41, 5.74) is 0. The summed E-state index contributed by atoms with van der Waals surface area (Å²) in [6, 6.07) is -0.491. The topological polar surface area (TPSA) is 60.8 Å². The lowest BCUT2D eigenvalue weighted by Crippen LogP contribution is -2.38. The van der Waals surface area contributed by atoms with E-state index in [2.05, 4.69) is 0 Å². The van der Waals surface area contributed by atoms with Crippen molar-refractivity contribution in [3.05, 3.63) is 0 Å². The van der Waals surface area contributed by atoms with Gasteiger partial charge in [0, 0.05) is 11.6 Å². The molecule has 1 aliphatic heterocycles. The van der Waals surface area contributed by atoms with Gasteiger partial charge in [0.1, 0.15) is 6.04 Å². The molecule has 0 aromatic carbocycles. The minimum absolute atomic E-state index is 0.163. The van der Waals surface area contributed by atoms with Crippen molar-refractivity contribution in [3.8, 4) is 0 Å². The number of carboxylic acids is 1. The molecule has 1 atom stereocenters. The van der Waals surface area contributed by atoms with Gasteiger partial charge in [-0.05, 0) is 0 Å². The van der Waals surface area contributed by atoms with E-state index in [1.165, 1.54) is 16.7 Å². The Labute approximate surface area is 62.8 Å². The Morgan fingerprint density at radius 1 is 1.80 bits per heavy atom. The molecule has 1 saturated heterocycles. The first kappa shape index (κ1) is 7.84. The summed E-state index contributed by atoms with van der Waals surface area (Å²) >= 11 is 1.53. The number of rotatable bonds is 2. The van der Waals surface area contributed by atoms with Crippen LogP contribution >= 0.6 is 11.8 Å². The van der Waals surface area contributed by atoms with Gasteiger partial charge in [0.2, 0.25) is 0 Å². The molecule has 0 bridgehead atoms. The van der Waals surface area contributed by atoms with Gasteiger partial charge in [-0.2, -0.15) is 0 Å². The van der Waals surface area contributed by atoms with Crippen molar-refractivity contribution in [3.63, 3.8) is 0 Å². The van der Waals surface area contributed by atoms with Gasteiger partial charge >= 0.3 is 5.97 Å². The fourth-order valence-electron chi connectivity index (χ4n) is 0.844. The highest BCUT2D eigenvalue weighted by Gasteiger charge is 2.29. The lowest BCUT2D eigenvalue weighted by atomic mass is 10.3. The zero-order valence-corrected chi connectivity index (χ0v) is 6.17. The zero-order chi connectivity index (χ0) is 7.56. The van der Waals surface area contributed by atoms with E-state index in [-0.39, 0.29) is 6.73 Å². The van der Waals surface area contributed by atoms with Gasteiger partial charge in [0.15, 0.2) is 0 Å². The minimum atomic E-state index is -0.848. The molecule has 2 N–H and O–H groups in total. The van der Waals surface area contributed by atoms with Crippen LogP contribution < -0.4 is 0 Å². The molecule has 10 heavy (non-hydrogen) atoms. The monoisotopic (exact) mass is 163 g/mol. The fourth-order valence-corrected chi connectivity index (χ4v) is 2.02. The first-order valence-electron chi connectivity index (χ1n) is 2.91. The molecule has 0 aliphatic carbocycles. The highest BCUT2D eigenvalue weighted by atomic mass is 32.2. The van der Waals surface area contributed by atoms with Crippen molar-refractivity contribution in [1.29, 1.82) is 0 Å². The Morgan fingerprint density at radius 2 is 2.50 bits per heavy atom. The number of aliphatic hydroxyl groups is 1. The number of thioether (sulfide) groups is 1. The number of hydrogen-bond donors (Lipinski definition) is 2. The van der Waals surface area contributed by atoms with E-state index in [9.17, 15) is 4.79 Å². The Kier molecular flexibility index (Phi) is 2.53. The number of hydrogen-bond acceptors (Lipinski definition) is 4. The van der Waals surface area contributed by atoms with Crippen molar-refractivity contribution in [2.75, 3.05) is 18.4 Å². The van der Waals surface area contributed by atoms with Crippen molar-refractivity contribution in [2.24, 2.45) is 0 Å². The van der Waals surface area contributed by atoms with E-state index >= 15 is 0 Å². The first-order valence-corrected chi connectivity index (χ1v) is 4.06. The summed E-state index contributed by atoms with van der Waals surface area (Å²) < 4.78 is 0. The van der Waals surface area contributed by atoms with Crippen LogP contribution in [0.2, 0.25) is 0 Å². The van der Waals surface area contributed by atoms with Crippen LogP contribution in [-0.2, 0) is 4.79 Å². The number of aliphatic hydroxyl groups excluding tert-OH is 1. The summed E-state index contributed by atoms with van der Waals surface area (Å²) in [5, 5.41) is 17.2. The Morgan fingerprint density at radius 3 is 2.90 bits per heavy atom. The number of carbonyl (C=O) groups is 1. The van der Waals surface area contributed by atoms with Crippen molar-refractivity contribution in [1.82, 2.24) is 4.90 Å². The van der Waals surface area contributed by atoms with Gasteiger partial charge < -0.3 is 10.2 Å². The van der Waals surface area contributed by atoms with Gasteiger partial charge in [-0.1, -0.05) is 0 Å². The van der Waals surface area contributed by atoms with E-state index in [0.29, 0.717) is 11.6 Å². The van der Waals surface area contributed by atoms with E-state index in [1.54, 1.807) is 0 Å². The molecule has 0 amide bonds. The molecule has 0 saturated carbocycles. The van der Waals surface area contributed by atoms with Crippen molar-refractivity contribution < 1.29 is 15.0 Å². The predicted molar refractivity (Wildman–Crippen MR) is 37.7 cm³/mol. The van der Waals surface area contributed by atoms with E-state index in [4.69, 9.17) is 10.2 Å². The van der Waals surface area contributed by atoms with E-state index < -0.39 is 12.0 Å². The lowest BCUT2D eigenvalue weighted by molar-refractivity contribution is -0.142. The SMILES string of the molecule is O=C(O)[C@@H]1CSCN1CO. The molecule has 4 nitrogen and oxygen atoms in total. The molecule has 0 radical (unpaired) electrons. The Balaban J connectivity index is 2.50. The van der Waals surface area contributed by atoms with E-state index in [0.717, 1.165) is 0 Å². The zero-order valence-electron chi connectivity index (χ0n) is 5.36. The average molecular weight is 163 g/mol. The fraction of sp³-hybridized carbons (Fsp3) is 0.800.